The standard InChI is InChI=1S/C27H42N6O11/c1-14(2)11-18(27(43)44)32-24(40)16(7-8-21(35)36)31-25(41)19-6-4-10-33(19)26(42)17(12-22(37)38)30-20(34)13-29-23(39)15-5-3-9-28-15/h14-19,28H,3-13H2,1-2H3,(H,29,39)(H,30,34)(H,31,41)(H,32,40)(H,35,36)(H,37,38)(H,43,44). The van der Waals surface area contributed by atoms with Crippen molar-refractivity contribution in [2.24, 2.45) is 5.92 Å². The molecule has 0 bridgehead atoms. The van der Waals surface area contributed by atoms with Gasteiger partial charge in [0.2, 0.25) is 29.5 Å². The van der Waals surface area contributed by atoms with E-state index < -0.39 is 97.0 Å². The monoisotopic (exact) mass is 626 g/mol. The van der Waals surface area contributed by atoms with Gasteiger partial charge in [-0.15, -0.1) is 0 Å². The van der Waals surface area contributed by atoms with Crippen LogP contribution in [0.2, 0.25) is 0 Å². The van der Waals surface area contributed by atoms with Crippen LogP contribution in [0.15, 0.2) is 0 Å². The van der Waals surface area contributed by atoms with Gasteiger partial charge in [-0.1, -0.05) is 13.8 Å². The van der Waals surface area contributed by atoms with Crippen molar-refractivity contribution >= 4 is 47.4 Å². The van der Waals surface area contributed by atoms with Crippen LogP contribution < -0.4 is 26.6 Å². The summed E-state index contributed by atoms with van der Waals surface area (Å²) in [6.45, 7) is 3.70. The third-order valence-electron chi connectivity index (χ3n) is 7.25. The molecular weight excluding hydrogens is 584 g/mol. The van der Waals surface area contributed by atoms with E-state index >= 15 is 0 Å². The highest BCUT2D eigenvalue weighted by Crippen LogP contribution is 2.20. The van der Waals surface area contributed by atoms with E-state index in [0.717, 1.165) is 11.3 Å². The SMILES string of the molecule is CC(C)CC(NC(=O)C(CCC(=O)O)NC(=O)C1CCCN1C(=O)C(CC(=O)O)NC(=O)CNC(=O)C1CCCN1)C(=O)O. The summed E-state index contributed by atoms with van der Waals surface area (Å²) in [6, 6.07) is -5.90. The fourth-order valence-electron chi connectivity index (χ4n) is 5.09. The van der Waals surface area contributed by atoms with Crippen molar-refractivity contribution < 1.29 is 53.7 Å². The van der Waals surface area contributed by atoms with Gasteiger partial charge < -0.3 is 46.8 Å². The lowest BCUT2D eigenvalue weighted by Gasteiger charge is -2.29. The first-order valence-corrected chi connectivity index (χ1v) is 14.6. The predicted octanol–water partition coefficient (Wildman–Crippen LogP) is -2.23. The zero-order valence-corrected chi connectivity index (χ0v) is 24.8. The molecule has 5 unspecified atom stereocenters. The first-order valence-electron chi connectivity index (χ1n) is 14.6. The third-order valence-corrected chi connectivity index (χ3v) is 7.25. The summed E-state index contributed by atoms with van der Waals surface area (Å²) < 4.78 is 0. The van der Waals surface area contributed by atoms with Crippen LogP contribution in [0.3, 0.4) is 0 Å². The van der Waals surface area contributed by atoms with Crippen molar-refractivity contribution in [2.75, 3.05) is 19.6 Å². The maximum Gasteiger partial charge on any atom is 0.326 e. The minimum atomic E-state index is -1.56. The van der Waals surface area contributed by atoms with E-state index in [1.807, 2.05) is 0 Å². The van der Waals surface area contributed by atoms with Gasteiger partial charge in [0.15, 0.2) is 0 Å². The van der Waals surface area contributed by atoms with Gasteiger partial charge in [-0.05, 0) is 51.0 Å². The molecule has 2 fully saturated rings. The van der Waals surface area contributed by atoms with Crippen molar-refractivity contribution in [3.8, 4) is 0 Å². The number of carbonyl (C=O) groups is 8. The number of hydrogen-bond donors (Lipinski definition) is 8. The Hall–Kier alpha value is -4.28. The number of nitrogens with one attached hydrogen (secondary N) is 5. The second-order valence-corrected chi connectivity index (χ2v) is 11.3. The van der Waals surface area contributed by atoms with Crippen LogP contribution in [-0.2, 0) is 38.4 Å². The molecule has 5 atom stereocenters. The van der Waals surface area contributed by atoms with E-state index in [9.17, 15) is 48.6 Å². The normalized spacial score (nSPS) is 19.8. The molecule has 0 spiro atoms. The summed E-state index contributed by atoms with van der Waals surface area (Å²) in [5, 5.41) is 40.4. The lowest BCUT2D eigenvalue weighted by molar-refractivity contribution is -0.146. The molecule has 246 valence electrons. The van der Waals surface area contributed by atoms with Gasteiger partial charge in [-0.25, -0.2) is 4.79 Å². The van der Waals surface area contributed by atoms with Crippen molar-refractivity contribution in [3.63, 3.8) is 0 Å². The first-order chi connectivity index (χ1) is 20.7. The van der Waals surface area contributed by atoms with Crippen LogP contribution in [0.4, 0.5) is 0 Å². The van der Waals surface area contributed by atoms with Crippen LogP contribution in [0.1, 0.15) is 65.2 Å². The lowest BCUT2D eigenvalue weighted by Crippen LogP contribution is -2.58. The lowest BCUT2D eigenvalue weighted by atomic mass is 10.0. The number of rotatable bonds is 17. The van der Waals surface area contributed by atoms with Gasteiger partial charge in [-0.3, -0.25) is 33.6 Å². The Morgan fingerprint density at radius 2 is 1.55 bits per heavy atom. The summed E-state index contributed by atoms with van der Waals surface area (Å²) in [5.41, 5.74) is 0. The summed E-state index contributed by atoms with van der Waals surface area (Å²) in [7, 11) is 0. The van der Waals surface area contributed by atoms with E-state index in [1.165, 1.54) is 0 Å². The molecule has 8 N–H and O–H groups in total. The average molecular weight is 627 g/mol. The average Bonchev–Trinajstić information content (AvgIpc) is 3.65. The summed E-state index contributed by atoms with van der Waals surface area (Å²) in [5.74, 6) is -7.87. The summed E-state index contributed by atoms with van der Waals surface area (Å²) in [6.07, 6.45) is 0.276. The van der Waals surface area contributed by atoms with Crippen LogP contribution in [0, 0.1) is 5.92 Å². The number of likely N-dealkylation sites (tertiary alicyclic amines) is 1. The zero-order chi connectivity index (χ0) is 33.0. The van der Waals surface area contributed by atoms with Gasteiger partial charge in [0.1, 0.15) is 24.2 Å². The maximum atomic E-state index is 13.4. The van der Waals surface area contributed by atoms with E-state index in [4.69, 9.17) is 5.11 Å². The van der Waals surface area contributed by atoms with Gasteiger partial charge >= 0.3 is 17.9 Å². The van der Waals surface area contributed by atoms with Crippen LogP contribution in [-0.4, -0.2) is 118 Å². The van der Waals surface area contributed by atoms with Crippen molar-refractivity contribution in [1.82, 2.24) is 31.5 Å². The molecule has 17 nitrogen and oxygen atoms in total. The molecule has 0 aliphatic carbocycles. The summed E-state index contributed by atoms with van der Waals surface area (Å²) >= 11 is 0. The quantitative estimate of drug-likeness (QED) is 0.0853. The van der Waals surface area contributed by atoms with Crippen molar-refractivity contribution in [1.29, 1.82) is 0 Å². The minimum absolute atomic E-state index is 0.0362. The Kier molecular flexibility index (Phi) is 14.0. The number of hydrogen-bond acceptors (Lipinski definition) is 9. The van der Waals surface area contributed by atoms with Gasteiger partial charge in [0.05, 0.1) is 19.0 Å². The molecule has 2 aliphatic heterocycles. The summed E-state index contributed by atoms with van der Waals surface area (Å²) in [4.78, 5) is 99.7. The molecule has 17 heteroatoms. The Labute approximate surface area is 253 Å². The number of nitrogens with zero attached hydrogens (tertiary/aromatic N) is 1. The molecule has 0 aromatic rings. The second-order valence-electron chi connectivity index (χ2n) is 11.3. The molecule has 0 radical (unpaired) electrons. The van der Waals surface area contributed by atoms with Crippen LogP contribution >= 0.6 is 0 Å². The number of aliphatic carboxylic acids is 3. The number of amides is 5. The third kappa shape index (κ3) is 11.4. The molecule has 0 aromatic heterocycles. The highest BCUT2D eigenvalue weighted by atomic mass is 16.4. The molecule has 5 amide bonds. The molecule has 0 aromatic carbocycles. The van der Waals surface area contributed by atoms with Crippen molar-refractivity contribution in [3.05, 3.63) is 0 Å². The minimum Gasteiger partial charge on any atom is -0.481 e. The molecule has 2 saturated heterocycles. The Morgan fingerprint density at radius 1 is 0.841 bits per heavy atom. The number of carboxylic acids is 3. The van der Waals surface area contributed by atoms with Crippen molar-refractivity contribution in [2.45, 2.75) is 95.4 Å². The molecule has 2 heterocycles. The molecule has 44 heavy (non-hydrogen) atoms. The van der Waals surface area contributed by atoms with Crippen LogP contribution in [0.25, 0.3) is 0 Å². The van der Waals surface area contributed by atoms with E-state index in [0.29, 0.717) is 19.4 Å². The maximum absolute atomic E-state index is 13.4. The predicted molar refractivity (Wildman–Crippen MR) is 151 cm³/mol. The van der Waals surface area contributed by atoms with Gasteiger partial charge in [0.25, 0.3) is 0 Å². The van der Waals surface area contributed by atoms with Crippen LogP contribution in [0.5, 0.6) is 0 Å². The molecule has 0 saturated carbocycles. The molecule has 2 rings (SSSR count). The fraction of sp³-hybridized carbons (Fsp3) is 0.704. The smallest absolute Gasteiger partial charge is 0.326 e. The molecular formula is C27H42N6O11. The first kappa shape index (κ1) is 35.9. The molecule has 2 aliphatic rings. The van der Waals surface area contributed by atoms with E-state index in [1.54, 1.807) is 13.8 Å². The fourth-order valence-corrected chi connectivity index (χ4v) is 5.09. The highest BCUT2D eigenvalue weighted by Gasteiger charge is 2.40. The Morgan fingerprint density at radius 3 is 2.11 bits per heavy atom. The zero-order valence-electron chi connectivity index (χ0n) is 24.8. The van der Waals surface area contributed by atoms with E-state index in [2.05, 4.69) is 26.6 Å². The number of carboxylic acid groups (broad SMARTS) is 3. The largest absolute Gasteiger partial charge is 0.481 e. The topological polar surface area (TPSA) is 261 Å². The Bertz CT molecular complexity index is 1110. The Balaban J connectivity index is 2.11. The highest BCUT2D eigenvalue weighted by molar-refractivity contribution is 5.97. The van der Waals surface area contributed by atoms with E-state index in [-0.39, 0.29) is 31.7 Å². The van der Waals surface area contributed by atoms with Gasteiger partial charge in [0, 0.05) is 13.0 Å². The van der Waals surface area contributed by atoms with Gasteiger partial charge in [-0.2, -0.15) is 0 Å². The number of carbonyl (C=O) groups excluding carboxylic acids is 5. The second kappa shape index (κ2) is 17.1.